The van der Waals surface area contributed by atoms with Crippen LogP contribution in [-0.4, -0.2) is 34.8 Å². The standard InChI is InChI=1S/C18H18F2N2O3/c1-10-16(11(2)25-21-10)18(24)22-7-5-12(6-8-22)17(23)14-9-13(19)3-4-15(14)20/h3-4,9,12H,5-8H2,1-2H3. The second kappa shape index (κ2) is 6.74. The van der Waals surface area contributed by atoms with Crippen LogP contribution in [-0.2, 0) is 0 Å². The fourth-order valence-corrected chi connectivity index (χ4v) is 3.20. The van der Waals surface area contributed by atoms with Crippen LogP contribution in [0.2, 0.25) is 0 Å². The molecule has 1 aromatic heterocycles. The summed E-state index contributed by atoms with van der Waals surface area (Å²) in [4.78, 5) is 26.7. The Balaban J connectivity index is 1.68. The van der Waals surface area contributed by atoms with Crippen LogP contribution in [0.25, 0.3) is 0 Å². The quantitative estimate of drug-likeness (QED) is 0.799. The molecule has 0 bridgehead atoms. The zero-order chi connectivity index (χ0) is 18.1. The number of piperidine rings is 1. The van der Waals surface area contributed by atoms with E-state index in [1.807, 2.05) is 0 Å². The van der Waals surface area contributed by atoms with Gasteiger partial charge in [-0.15, -0.1) is 0 Å². The number of Topliss-reactive ketones (excluding diaryl/α,β-unsaturated/α-hetero) is 1. The van der Waals surface area contributed by atoms with Gasteiger partial charge in [0.25, 0.3) is 5.91 Å². The maximum atomic E-state index is 13.8. The number of benzene rings is 1. The highest BCUT2D eigenvalue weighted by molar-refractivity contribution is 5.99. The van der Waals surface area contributed by atoms with Crippen LogP contribution in [0.4, 0.5) is 8.78 Å². The molecule has 0 saturated carbocycles. The van der Waals surface area contributed by atoms with Crippen molar-refractivity contribution in [1.82, 2.24) is 10.1 Å². The number of hydrogen-bond acceptors (Lipinski definition) is 4. The largest absolute Gasteiger partial charge is 0.361 e. The summed E-state index contributed by atoms with van der Waals surface area (Å²) in [5.74, 6) is -1.93. The molecule has 0 radical (unpaired) electrons. The third kappa shape index (κ3) is 3.31. The van der Waals surface area contributed by atoms with Crippen molar-refractivity contribution in [2.75, 3.05) is 13.1 Å². The molecule has 1 aliphatic heterocycles. The van der Waals surface area contributed by atoms with E-state index < -0.39 is 23.3 Å². The van der Waals surface area contributed by atoms with Crippen molar-refractivity contribution in [3.05, 3.63) is 52.4 Å². The second-order valence-corrected chi connectivity index (χ2v) is 6.25. The number of halogens is 2. The highest BCUT2D eigenvalue weighted by atomic mass is 19.1. The van der Waals surface area contributed by atoms with E-state index in [-0.39, 0.29) is 11.5 Å². The van der Waals surface area contributed by atoms with E-state index in [0.717, 1.165) is 18.2 Å². The molecule has 132 valence electrons. The lowest BCUT2D eigenvalue weighted by atomic mass is 9.88. The molecule has 7 heteroatoms. The topological polar surface area (TPSA) is 63.4 Å². The van der Waals surface area contributed by atoms with E-state index in [0.29, 0.717) is 42.9 Å². The lowest BCUT2D eigenvalue weighted by molar-refractivity contribution is 0.0647. The Morgan fingerprint density at radius 2 is 1.88 bits per heavy atom. The van der Waals surface area contributed by atoms with Crippen LogP contribution in [0.5, 0.6) is 0 Å². The van der Waals surface area contributed by atoms with Crippen molar-refractivity contribution in [2.45, 2.75) is 26.7 Å². The smallest absolute Gasteiger partial charge is 0.259 e. The Labute approximate surface area is 143 Å². The van der Waals surface area contributed by atoms with Gasteiger partial charge in [-0.25, -0.2) is 8.78 Å². The number of ketones is 1. The van der Waals surface area contributed by atoms with Crippen molar-refractivity contribution >= 4 is 11.7 Å². The third-order valence-corrected chi connectivity index (χ3v) is 4.59. The van der Waals surface area contributed by atoms with Gasteiger partial charge in [-0.05, 0) is 44.9 Å². The first-order valence-corrected chi connectivity index (χ1v) is 8.10. The summed E-state index contributed by atoms with van der Waals surface area (Å²) in [6.45, 7) is 4.12. The molecule has 0 unspecified atom stereocenters. The Kier molecular flexibility index (Phi) is 4.65. The molecule has 1 saturated heterocycles. The van der Waals surface area contributed by atoms with Gasteiger partial charge in [-0.2, -0.15) is 0 Å². The Bertz CT molecular complexity index is 804. The molecule has 0 spiro atoms. The molecule has 0 N–H and O–H groups in total. The summed E-state index contributed by atoms with van der Waals surface area (Å²) in [5.41, 5.74) is 0.749. The molecule has 0 atom stereocenters. The average molecular weight is 348 g/mol. The number of carbonyl (C=O) groups excluding carboxylic acids is 2. The molecule has 1 aromatic carbocycles. The SMILES string of the molecule is Cc1noc(C)c1C(=O)N1CCC(C(=O)c2cc(F)ccc2F)CC1. The zero-order valence-electron chi connectivity index (χ0n) is 14.0. The minimum Gasteiger partial charge on any atom is -0.361 e. The summed E-state index contributed by atoms with van der Waals surface area (Å²) in [7, 11) is 0. The second-order valence-electron chi connectivity index (χ2n) is 6.25. The van der Waals surface area contributed by atoms with Gasteiger partial charge < -0.3 is 9.42 Å². The van der Waals surface area contributed by atoms with Gasteiger partial charge in [0.1, 0.15) is 23.0 Å². The highest BCUT2D eigenvalue weighted by Crippen LogP contribution is 2.25. The number of rotatable bonds is 3. The minimum absolute atomic E-state index is 0.181. The van der Waals surface area contributed by atoms with Gasteiger partial charge in [0, 0.05) is 19.0 Å². The molecule has 2 heterocycles. The fraction of sp³-hybridized carbons (Fsp3) is 0.389. The normalized spacial score (nSPS) is 15.4. The summed E-state index contributed by atoms with van der Waals surface area (Å²) >= 11 is 0. The van der Waals surface area contributed by atoms with E-state index in [9.17, 15) is 18.4 Å². The monoisotopic (exact) mass is 348 g/mol. The predicted octanol–water partition coefficient (Wildman–Crippen LogP) is 3.30. The minimum atomic E-state index is -0.722. The lowest BCUT2D eigenvalue weighted by Crippen LogP contribution is -2.40. The van der Waals surface area contributed by atoms with Crippen molar-refractivity contribution in [1.29, 1.82) is 0 Å². The van der Waals surface area contributed by atoms with Crippen LogP contribution in [0.1, 0.15) is 45.0 Å². The van der Waals surface area contributed by atoms with E-state index in [4.69, 9.17) is 4.52 Å². The molecular formula is C18H18F2N2O3. The summed E-state index contributed by atoms with van der Waals surface area (Å²) in [5, 5.41) is 3.78. The Morgan fingerprint density at radius 1 is 1.20 bits per heavy atom. The summed E-state index contributed by atoms with van der Waals surface area (Å²) < 4.78 is 32.1. The lowest BCUT2D eigenvalue weighted by Gasteiger charge is -2.31. The molecule has 2 aromatic rings. The number of amides is 1. The Hall–Kier alpha value is -2.57. The number of aryl methyl sites for hydroxylation is 2. The number of nitrogens with zero attached hydrogens (tertiary/aromatic N) is 2. The van der Waals surface area contributed by atoms with Crippen LogP contribution in [0.3, 0.4) is 0 Å². The van der Waals surface area contributed by atoms with Gasteiger partial charge in [-0.3, -0.25) is 9.59 Å². The summed E-state index contributed by atoms with van der Waals surface area (Å²) in [6, 6.07) is 2.87. The number of aromatic nitrogens is 1. The molecule has 1 fully saturated rings. The number of likely N-dealkylation sites (tertiary alicyclic amines) is 1. The highest BCUT2D eigenvalue weighted by Gasteiger charge is 2.31. The predicted molar refractivity (Wildman–Crippen MR) is 85.3 cm³/mol. The number of carbonyl (C=O) groups is 2. The molecule has 25 heavy (non-hydrogen) atoms. The van der Waals surface area contributed by atoms with Crippen molar-refractivity contribution < 1.29 is 22.9 Å². The van der Waals surface area contributed by atoms with Crippen molar-refractivity contribution in [3.63, 3.8) is 0 Å². The first-order valence-electron chi connectivity index (χ1n) is 8.10. The van der Waals surface area contributed by atoms with Crippen LogP contribution < -0.4 is 0 Å². The Morgan fingerprint density at radius 3 is 2.48 bits per heavy atom. The molecule has 1 amide bonds. The molecule has 3 rings (SSSR count). The third-order valence-electron chi connectivity index (χ3n) is 4.59. The van der Waals surface area contributed by atoms with E-state index in [1.54, 1.807) is 18.7 Å². The van der Waals surface area contributed by atoms with Crippen LogP contribution >= 0.6 is 0 Å². The maximum absolute atomic E-state index is 13.8. The van der Waals surface area contributed by atoms with Gasteiger partial charge in [0.2, 0.25) is 0 Å². The first kappa shape index (κ1) is 17.3. The van der Waals surface area contributed by atoms with E-state index >= 15 is 0 Å². The van der Waals surface area contributed by atoms with Crippen LogP contribution in [0.15, 0.2) is 22.7 Å². The molecule has 1 aliphatic rings. The van der Waals surface area contributed by atoms with Crippen molar-refractivity contribution in [3.8, 4) is 0 Å². The van der Waals surface area contributed by atoms with Crippen LogP contribution in [0, 0.1) is 31.4 Å². The summed E-state index contributed by atoms with van der Waals surface area (Å²) in [6.07, 6.45) is 0.813. The van der Waals surface area contributed by atoms with Gasteiger partial charge in [0.05, 0.1) is 11.3 Å². The molecular weight excluding hydrogens is 330 g/mol. The molecule has 0 aliphatic carbocycles. The average Bonchev–Trinajstić information content (AvgIpc) is 2.94. The van der Waals surface area contributed by atoms with Gasteiger partial charge in [-0.1, -0.05) is 5.16 Å². The first-order chi connectivity index (χ1) is 11.9. The van der Waals surface area contributed by atoms with E-state index in [1.165, 1.54) is 0 Å². The van der Waals surface area contributed by atoms with Crippen molar-refractivity contribution in [2.24, 2.45) is 5.92 Å². The fourth-order valence-electron chi connectivity index (χ4n) is 3.20. The van der Waals surface area contributed by atoms with Gasteiger partial charge >= 0.3 is 0 Å². The van der Waals surface area contributed by atoms with E-state index in [2.05, 4.69) is 5.16 Å². The maximum Gasteiger partial charge on any atom is 0.259 e. The zero-order valence-corrected chi connectivity index (χ0v) is 14.0. The molecule has 5 nitrogen and oxygen atoms in total. The van der Waals surface area contributed by atoms with Gasteiger partial charge in [0.15, 0.2) is 5.78 Å². The number of hydrogen-bond donors (Lipinski definition) is 0.